The zero-order valence-corrected chi connectivity index (χ0v) is 24.8. The zero-order valence-electron chi connectivity index (χ0n) is 20.0. The molecule has 6 nitrogen and oxygen atoms in total. The van der Waals surface area contributed by atoms with Crippen molar-refractivity contribution in [2.45, 2.75) is 24.5 Å². The van der Waals surface area contributed by atoms with E-state index in [1.165, 1.54) is 24.3 Å². The van der Waals surface area contributed by atoms with Gasteiger partial charge in [0.2, 0.25) is 10.0 Å². The number of rotatable bonds is 8. The summed E-state index contributed by atoms with van der Waals surface area (Å²) in [6.45, 7) is 1.33. The SMILES string of the molecule is NS(=O)(=O)c1ccc(N(Cc2ccc(F)cc2)C(=S)N(Cc2ccncc2)Cc2cc(Br)cc(Br)c2)cc1. The summed E-state index contributed by atoms with van der Waals surface area (Å²) in [5.41, 5.74) is 3.54. The van der Waals surface area contributed by atoms with Crippen LogP contribution in [0.3, 0.4) is 0 Å². The number of pyridine rings is 1. The highest BCUT2D eigenvalue weighted by Crippen LogP contribution is 2.26. The predicted octanol–water partition coefficient (Wildman–Crippen LogP) is 6.39. The molecule has 0 saturated heterocycles. The first-order chi connectivity index (χ1) is 18.1. The predicted molar refractivity (Wildman–Crippen MR) is 158 cm³/mol. The van der Waals surface area contributed by atoms with Crippen LogP contribution in [0.2, 0.25) is 0 Å². The lowest BCUT2D eigenvalue weighted by Gasteiger charge is -2.34. The summed E-state index contributed by atoms with van der Waals surface area (Å²) in [5, 5.41) is 5.81. The summed E-state index contributed by atoms with van der Waals surface area (Å²) in [4.78, 5) is 8.06. The van der Waals surface area contributed by atoms with Crippen molar-refractivity contribution in [3.63, 3.8) is 0 Å². The van der Waals surface area contributed by atoms with Crippen molar-refractivity contribution in [1.29, 1.82) is 0 Å². The van der Waals surface area contributed by atoms with Crippen LogP contribution in [0, 0.1) is 5.82 Å². The molecule has 11 heteroatoms. The van der Waals surface area contributed by atoms with Crippen molar-refractivity contribution >= 4 is 64.9 Å². The van der Waals surface area contributed by atoms with Crippen molar-refractivity contribution in [3.05, 3.63) is 123 Å². The highest BCUT2D eigenvalue weighted by molar-refractivity contribution is 9.11. The lowest BCUT2D eigenvalue weighted by Crippen LogP contribution is -2.42. The molecule has 1 aromatic heterocycles. The lowest BCUT2D eigenvalue weighted by molar-refractivity contribution is 0.405. The average molecular weight is 678 g/mol. The van der Waals surface area contributed by atoms with E-state index in [1.807, 2.05) is 35.2 Å². The van der Waals surface area contributed by atoms with E-state index >= 15 is 0 Å². The maximum atomic E-state index is 13.6. The number of primary sulfonamides is 1. The molecule has 2 N–H and O–H groups in total. The van der Waals surface area contributed by atoms with Crippen molar-refractivity contribution in [2.75, 3.05) is 4.90 Å². The third kappa shape index (κ3) is 7.67. The van der Waals surface area contributed by atoms with Gasteiger partial charge in [-0.1, -0.05) is 44.0 Å². The van der Waals surface area contributed by atoms with Gasteiger partial charge in [0.1, 0.15) is 5.82 Å². The number of hydrogen-bond acceptors (Lipinski definition) is 4. The van der Waals surface area contributed by atoms with E-state index in [0.29, 0.717) is 30.4 Å². The van der Waals surface area contributed by atoms with Crippen molar-refractivity contribution in [1.82, 2.24) is 9.88 Å². The Morgan fingerprint density at radius 1 is 0.816 bits per heavy atom. The van der Waals surface area contributed by atoms with Gasteiger partial charge in [-0.15, -0.1) is 0 Å². The summed E-state index contributed by atoms with van der Waals surface area (Å²) in [6, 6.07) is 22.3. The zero-order chi connectivity index (χ0) is 27.3. The molecule has 3 aromatic carbocycles. The Bertz CT molecular complexity index is 1500. The molecule has 0 spiro atoms. The summed E-state index contributed by atoms with van der Waals surface area (Å²) in [6.07, 6.45) is 3.46. The maximum absolute atomic E-state index is 13.6. The summed E-state index contributed by atoms with van der Waals surface area (Å²) in [7, 11) is -3.85. The van der Waals surface area contributed by atoms with Crippen LogP contribution in [0.5, 0.6) is 0 Å². The highest BCUT2D eigenvalue weighted by Gasteiger charge is 2.21. The van der Waals surface area contributed by atoms with Crippen molar-refractivity contribution in [2.24, 2.45) is 5.14 Å². The lowest BCUT2D eigenvalue weighted by atomic mass is 10.1. The molecular formula is C27H23Br2FN4O2S2. The van der Waals surface area contributed by atoms with Gasteiger partial charge < -0.3 is 9.80 Å². The second-order valence-corrected chi connectivity index (χ2v) is 12.3. The minimum atomic E-state index is -3.85. The van der Waals surface area contributed by atoms with Gasteiger partial charge in [-0.2, -0.15) is 0 Å². The van der Waals surface area contributed by atoms with Gasteiger partial charge in [0.05, 0.1) is 11.4 Å². The first kappa shape index (κ1) is 28.3. The van der Waals surface area contributed by atoms with E-state index in [-0.39, 0.29) is 10.7 Å². The number of aromatic nitrogens is 1. The van der Waals surface area contributed by atoms with Crippen LogP contribution in [0.15, 0.2) is 105 Å². The molecule has 4 aromatic rings. The minimum absolute atomic E-state index is 0.00142. The fourth-order valence-corrected chi connectivity index (χ4v) is 6.05. The van der Waals surface area contributed by atoms with Gasteiger partial charge in [-0.05, 0) is 95.6 Å². The van der Waals surface area contributed by atoms with E-state index < -0.39 is 10.0 Å². The molecular weight excluding hydrogens is 655 g/mol. The molecule has 0 unspecified atom stereocenters. The Morgan fingerprint density at radius 2 is 1.37 bits per heavy atom. The number of nitrogens with two attached hydrogens (primary N) is 1. The maximum Gasteiger partial charge on any atom is 0.238 e. The Kier molecular flexibility index (Phi) is 9.27. The molecule has 0 amide bonds. The summed E-state index contributed by atoms with van der Waals surface area (Å²) >= 11 is 13.2. The van der Waals surface area contributed by atoms with Gasteiger partial charge in [0, 0.05) is 40.1 Å². The molecule has 38 heavy (non-hydrogen) atoms. The Morgan fingerprint density at radius 3 is 1.95 bits per heavy atom. The molecule has 0 radical (unpaired) electrons. The number of anilines is 1. The van der Waals surface area contributed by atoms with Gasteiger partial charge in [0.25, 0.3) is 0 Å². The fourth-order valence-electron chi connectivity index (χ4n) is 3.85. The first-order valence-electron chi connectivity index (χ1n) is 11.4. The molecule has 0 aliphatic heterocycles. The molecule has 4 rings (SSSR count). The van der Waals surface area contributed by atoms with Gasteiger partial charge >= 0.3 is 0 Å². The van der Waals surface area contributed by atoms with Crippen molar-refractivity contribution in [3.8, 4) is 0 Å². The van der Waals surface area contributed by atoms with E-state index in [2.05, 4.69) is 41.7 Å². The normalized spacial score (nSPS) is 11.3. The topological polar surface area (TPSA) is 79.5 Å². The smallest absolute Gasteiger partial charge is 0.238 e. The molecule has 0 aliphatic rings. The van der Waals surface area contributed by atoms with E-state index in [4.69, 9.17) is 17.4 Å². The number of nitrogens with zero attached hydrogens (tertiary/aromatic N) is 3. The van der Waals surface area contributed by atoms with Gasteiger partial charge in [0.15, 0.2) is 5.11 Å². The number of hydrogen-bond donors (Lipinski definition) is 1. The van der Waals surface area contributed by atoms with Crippen LogP contribution >= 0.6 is 44.1 Å². The van der Waals surface area contributed by atoms with Crippen LogP contribution in [-0.2, 0) is 29.7 Å². The standard InChI is InChI=1S/C27H23Br2FN4O2S2/c28-22-13-21(14-23(29)15-22)17-33(16-20-9-11-32-12-10-20)27(37)34(18-19-1-3-24(30)4-2-19)25-5-7-26(8-6-25)38(31,35)36/h1-15H,16-18H2,(H2,31,35,36). The fraction of sp³-hybridized carbons (Fsp3) is 0.111. The summed E-state index contributed by atoms with van der Waals surface area (Å²) in [5.74, 6) is -0.333. The second kappa shape index (κ2) is 12.4. The van der Waals surface area contributed by atoms with E-state index in [0.717, 1.165) is 25.6 Å². The van der Waals surface area contributed by atoms with E-state index in [1.54, 1.807) is 36.7 Å². The Balaban J connectivity index is 1.74. The molecule has 0 fully saturated rings. The number of sulfonamides is 1. The van der Waals surface area contributed by atoms with Crippen LogP contribution in [0.1, 0.15) is 16.7 Å². The molecule has 196 valence electrons. The first-order valence-corrected chi connectivity index (χ1v) is 14.9. The van der Waals surface area contributed by atoms with Crippen LogP contribution in [-0.4, -0.2) is 23.4 Å². The van der Waals surface area contributed by atoms with Gasteiger partial charge in [-0.3, -0.25) is 4.98 Å². The second-order valence-electron chi connectivity index (χ2n) is 8.52. The molecule has 1 heterocycles. The largest absolute Gasteiger partial charge is 0.340 e. The Labute approximate surface area is 243 Å². The number of halogens is 3. The van der Waals surface area contributed by atoms with Crippen LogP contribution < -0.4 is 10.0 Å². The molecule has 0 atom stereocenters. The number of benzene rings is 3. The number of thiocarbonyl (C=S) groups is 1. The Hall–Kier alpha value is -2.70. The highest BCUT2D eigenvalue weighted by atomic mass is 79.9. The van der Waals surface area contributed by atoms with E-state index in [9.17, 15) is 12.8 Å². The summed E-state index contributed by atoms with van der Waals surface area (Å²) < 4.78 is 39.1. The average Bonchev–Trinajstić information content (AvgIpc) is 2.87. The third-order valence-corrected chi connectivity index (χ3v) is 7.97. The van der Waals surface area contributed by atoms with Crippen molar-refractivity contribution < 1.29 is 12.8 Å². The quantitative estimate of drug-likeness (QED) is 0.218. The van der Waals surface area contributed by atoms with Gasteiger partial charge in [-0.25, -0.2) is 17.9 Å². The monoisotopic (exact) mass is 676 g/mol. The molecule has 0 aliphatic carbocycles. The molecule has 0 bridgehead atoms. The van der Waals surface area contributed by atoms with Crippen LogP contribution in [0.4, 0.5) is 10.1 Å². The third-order valence-electron chi connectivity index (χ3n) is 5.65. The van der Waals surface area contributed by atoms with Crippen LogP contribution in [0.25, 0.3) is 0 Å². The molecule has 0 saturated carbocycles. The minimum Gasteiger partial charge on any atom is -0.340 e.